The van der Waals surface area contributed by atoms with E-state index in [9.17, 15) is 9.59 Å². The van der Waals surface area contributed by atoms with Gasteiger partial charge in [-0.15, -0.1) is 0 Å². The van der Waals surface area contributed by atoms with Crippen molar-refractivity contribution >= 4 is 23.2 Å². The maximum atomic E-state index is 12.5. The number of carbonyl (C=O) groups excluding carboxylic acids is 2. The van der Waals surface area contributed by atoms with Crippen molar-refractivity contribution in [2.45, 2.75) is 19.9 Å². The first-order valence-electron chi connectivity index (χ1n) is 7.25. The first kappa shape index (κ1) is 16.7. The second kappa shape index (κ2) is 7.06. The third kappa shape index (κ3) is 4.17. The molecular formula is C16H21N5O2. The van der Waals surface area contributed by atoms with Gasteiger partial charge in [-0.2, -0.15) is 5.10 Å². The van der Waals surface area contributed by atoms with Gasteiger partial charge in [0.05, 0.1) is 6.20 Å². The maximum absolute atomic E-state index is 12.5. The summed E-state index contributed by atoms with van der Waals surface area (Å²) < 4.78 is 1.65. The minimum atomic E-state index is -0.505. The van der Waals surface area contributed by atoms with Gasteiger partial charge in [0.2, 0.25) is 11.8 Å². The highest BCUT2D eigenvalue weighted by molar-refractivity contribution is 5.97. The SMILES string of the molecule is CNC(C(=O)Nc1ccc(C)c(NC(C)=O)c1)c1cnn(C)c1. The third-order valence-corrected chi connectivity index (χ3v) is 3.42. The van der Waals surface area contributed by atoms with Crippen LogP contribution in [0.4, 0.5) is 11.4 Å². The number of aryl methyl sites for hydroxylation is 2. The van der Waals surface area contributed by atoms with Crippen molar-refractivity contribution in [3.05, 3.63) is 41.7 Å². The van der Waals surface area contributed by atoms with E-state index in [1.807, 2.05) is 13.0 Å². The van der Waals surface area contributed by atoms with E-state index < -0.39 is 6.04 Å². The molecule has 0 bridgehead atoms. The molecule has 122 valence electrons. The van der Waals surface area contributed by atoms with Gasteiger partial charge in [0.15, 0.2) is 0 Å². The topological polar surface area (TPSA) is 88.1 Å². The molecule has 3 N–H and O–H groups in total. The molecule has 1 aromatic heterocycles. The molecule has 0 saturated heterocycles. The summed E-state index contributed by atoms with van der Waals surface area (Å²) in [5, 5.41) is 12.7. The summed E-state index contributed by atoms with van der Waals surface area (Å²) in [5.74, 6) is -0.349. The number of nitrogens with one attached hydrogen (secondary N) is 3. The number of hydrogen-bond acceptors (Lipinski definition) is 4. The van der Waals surface area contributed by atoms with Crippen molar-refractivity contribution < 1.29 is 9.59 Å². The van der Waals surface area contributed by atoms with Crippen LogP contribution in [-0.2, 0) is 16.6 Å². The zero-order chi connectivity index (χ0) is 17.0. The Morgan fingerprint density at radius 1 is 1.26 bits per heavy atom. The quantitative estimate of drug-likeness (QED) is 0.782. The van der Waals surface area contributed by atoms with Gasteiger partial charge in [-0.3, -0.25) is 14.3 Å². The van der Waals surface area contributed by atoms with Crippen molar-refractivity contribution in [1.29, 1.82) is 0 Å². The Hall–Kier alpha value is -2.67. The molecule has 0 fully saturated rings. The molecule has 2 amide bonds. The fourth-order valence-corrected chi connectivity index (χ4v) is 2.28. The van der Waals surface area contributed by atoms with Crippen LogP contribution < -0.4 is 16.0 Å². The number of rotatable bonds is 5. The minimum Gasteiger partial charge on any atom is -0.326 e. The Morgan fingerprint density at radius 3 is 2.57 bits per heavy atom. The zero-order valence-corrected chi connectivity index (χ0v) is 13.7. The molecule has 7 heteroatoms. The number of carbonyl (C=O) groups is 2. The lowest BCUT2D eigenvalue weighted by Gasteiger charge is -2.16. The summed E-state index contributed by atoms with van der Waals surface area (Å²) in [6.07, 6.45) is 3.44. The van der Waals surface area contributed by atoms with Crippen LogP contribution in [-0.4, -0.2) is 28.6 Å². The lowest BCUT2D eigenvalue weighted by Crippen LogP contribution is -2.30. The highest BCUT2D eigenvalue weighted by Gasteiger charge is 2.20. The summed E-state index contributed by atoms with van der Waals surface area (Å²) in [5.41, 5.74) is 3.00. The van der Waals surface area contributed by atoms with E-state index in [0.29, 0.717) is 11.4 Å². The van der Waals surface area contributed by atoms with Crippen LogP contribution in [0.15, 0.2) is 30.6 Å². The summed E-state index contributed by atoms with van der Waals surface area (Å²) >= 11 is 0. The molecule has 7 nitrogen and oxygen atoms in total. The van der Waals surface area contributed by atoms with E-state index in [2.05, 4.69) is 21.0 Å². The van der Waals surface area contributed by atoms with Crippen LogP contribution in [0.25, 0.3) is 0 Å². The first-order valence-corrected chi connectivity index (χ1v) is 7.25. The van der Waals surface area contributed by atoms with Crippen molar-refractivity contribution in [3.8, 4) is 0 Å². The third-order valence-electron chi connectivity index (χ3n) is 3.42. The van der Waals surface area contributed by atoms with Crippen LogP contribution in [0.2, 0.25) is 0 Å². The molecule has 0 aliphatic carbocycles. The second-order valence-corrected chi connectivity index (χ2v) is 5.37. The molecule has 23 heavy (non-hydrogen) atoms. The standard InChI is InChI=1S/C16H21N5O2/c1-10-5-6-13(7-14(10)19-11(2)22)20-16(23)15(17-3)12-8-18-21(4)9-12/h5-9,15,17H,1-4H3,(H,19,22)(H,20,23). The van der Waals surface area contributed by atoms with Crippen LogP contribution in [0.1, 0.15) is 24.1 Å². The summed E-state index contributed by atoms with van der Waals surface area (Å²) in [4.78, 5) is 23.7. The molecule has 0 radical (unpaired) electrons. The number of amides is 2. The average Bonchev–Trinajstić information content (AvgIpc) is 2.89. The van der Waals surface area contributed by atoms with Crippen molar-refractivity contribution in [1.82, 2.24) is 15.1 Å². The van der Waals surface area contributed by atoms with Gasteiger partial charge < -0.3 is 16.0 Å². The Morgan fingerprint density at radius 2 is 2.00 bits per heavy atom. The Balaban J connectivity index is 2.17. The van der Waals surface area contributed by atoms with Crippen molar-refractivity contribution in [2.75, 3.05) is 17.7 Å². The maximum Gasteiger partial charge on any atom is 0.246 e. The smallest absolute Gasteiger partial charge is 0.246 e. The lowest BCUT2D eigenvalue weighted by atomic mass is 10.1. The highest BCUT2D eigenvalue weighted by atomic mass is 16.2. The van der Waals surface area contributed by atoms with Gasteiger partial charge in [0.25, 0.3) is 0 Å². The molecule has 1 aromatic carbocycles. The van der Waals surface area contributed by atoms with E-state index in [0.717, 1.165) is 11.1 Å². The van der Waals surface area contributed by atoms with E-state index in [1.165, 1.54) is 6.92 Å². The van der Waals surface area contributed by atoms with Gasteiger partial charge in [-0.1, -0.05) is 6.07 Å². The van der Waals surface area contributed by atoms with Crippen LogP contribution >= 0.6 is 0 Å². The van der Waals surface area contributed by atoms with E-state index in [-0.39, 0.29) is 11.8 Å². The largest absolute Gasteiger partial charge is 0.326 e. The summed E-state index contributed by atoms with van der Waals surface area (Å²) in [6, 6.07) is 4.88. The molecule has 1 unspecified atom stereocenters. The Bertz CT molecular complexity index is 723. The van der Waals surface area contributed by atoms with Crippen LogP contribution in [0, 0.1) is 6.92 Å². The van der Waals surface area contributed by atoms with Gasteiger partial charge in [-0.25, -0.2) is 0 Å². The average molecular weight is 315 g/mol. The van der Waals surface area contributed by atoms with Crippen LogP contribution in [0.5, 0.6) is 0 Å². The van der Waals surface area contributed by atoms with Crippen molar-refractivity contribution in [2.24, 2.45) is 7.05 Å². The monoisotopic (exact) mass is 315 g/mol. The van der Waals surface area contributed by atoms with Gasteiger partial charge in [0, 0.05) is 37.1 Å². The number of anilines is 2. The lowest BCUT2D eigenvalue weighted by molar-refractivity contribution is -0.118. The van der Waals surface area contributed by atoms with E-state index in [1.54, 1.807) is 43.3 Å². The number of nitrogens with zero attached hydrogens (tertiary/aromatic N) is 2. The number of benzene rings is 1. The molecule has 2 aromatic rings. The molecule has 0 spiro atoms. The molecular weight excluding hydrogens is 294 g/mol. The number of hydrogen-bond donors (Lipinski definition) is 3. The van der Waals surface area contributed by atoms with E-state index in [4.69, 9.17) is 0 Å². The molecule has 0 aliphatic rings. The van der Waals surface area contributed by atoms with Gasteiger partial charge in [0.1, 0.15) is 6.04 Å². The summed E-state index contributed by atoms with van der Waals surface area (Å²) in [6.45, 7) is 3.34. The fraction of sp³-hybridized carbons (Fsp3) is 0.312. The predicted octanol–water partition coefficient (Wildman–Crippen LogP) is 1.59. The first-order chi connectivity index (χ1) is 10.9. The zero-order valence-electron chi connectivity index (χ0n) is 13.7. The summed E-state index contributed by atoms with van der Waals surface area (Å²) in [7, 11) is 3.52. The molecule has 0 saturated carbocycles. The molecule has 1 atom stereocenters. The fourth-order valence-electron chi connectivity index (χ4n) is 2.28. The van der Waals surface area contributed by atoms with Gasteiger partial charge >= 0.3 is 0 Å². The van der Waals surface area contributed by atoms with Crippen molar-refractivity contribution in [3.63, 3.8) is 0 Å². The Kier molecular flexibility index (Phi) is 5.13. The second-order valence-electron chi connectivity index (χ2n) is 5.37. The van der Waals surface area contributed by atoms with Crippen LogP contribution in [0.3, 0.4) is 0 Å². The normalized spacial score (nSPS) is 11.8. The molecule has 2 rings (SSSR count). The number of likely N-dealkylation sites (N-methyl/N-ethyl adjacent to an activating group) is 1. The minimum absolute atomic E-state index is 0.153. The Labute approximate surface area is 135 Å². The predicted molar refractivity (Wildman–Crippen MR) is 89.1 cm³/mol. The molecule has 1 heterocycles. The molecule has 0 aliphatic heterocycles. The van der Waals surface area contributed by atoms with Gasteiger partial charge in [-0.05, 0) is 31.7 Å². The highest BCUT2D eigenvalue weighted by Crippen LogP contribution is 2.22. The van der Waals surface area contributed by atoms with E-state index >= 15 is 0 Å². The number of aromatic nitrogens is 2.